The summed E-state index contributed by atoms with van der Waals surface area (Å²) in [6.07, 6.45) is -3.42. The molecule has 184 valence electrons. The number of para-hydroxylation sites is 1. The van der Waals surface area contributed by atoms with Crippen LogP contribution in [0.1, 0.15) is 34.2 Å². The number of amides is 1. The van der Waals surface area contributed by atoms with Crippen molar-refractivity contribution in [3.05, 3.63) is 89.6 Å². The summed E-state index contributed by atoms with van der Waals surface area (Å²) < 4.78 is 48.1. The lowest BCUT2D eigenvalue weighted by Gasteiger charge is -2.12. The first-order chi connectivity index (χ1) is 17.3. The van der Waals surface area contributed by atoms with Crippen LogP contribution in [0.2, 0.25) is 0 Å². The average Bonchev–Trinajstić information content (AvgIpc) is 3.49. The Morgan fingerprint density at radius 2 is 1.89 bits per heavy atom. The standard InChI is InChI=1S/C26H21F3N4O2S/c1-2-36-19-9-6-16(7-10-19)13-30-24(34)17-8-11-22-21(12-17)32-25(26(27,28)29)33(22)14-18-4-3-5-20-23(18)35-15-31-20/h3-12,15H,2,13-14H2,1H3,(H,30,34). The van der Waals surface area contributed by atoms with E-state index < -0.39 is 17.9 Å². The molecule has 5 rings (SSSR count). The maximum Gasteiger partial charge on any atom is 0.449 e. The van der Waals surface area contributed by atoms with Crippen molar-refractivity contribution < 1.29 is 22.4 Å². The monoisotopic (exact) mass is 510 g/mol. The number of oxazole rings is 1. The minimum atomic E-state index is -4.68. The van der Waals surface area contributed by atoms with Crippen molar-refractivity contribution in [1.29, 1.82) is 0 Å². The van der Waals surface area contributed by atoms with E-state index in [9.17, 15) is 18.0 Å². The number of thioether (sulfide) groups is 1. The maximum atomic E-state index is 13.9. The summed E-state index contributed by atoms with van der Waals surface area (Å²) in [6, 6.07) is 17.4. The molecule has 2 heterocycles. The Hall–Kier alpha value is -3.79. The number of nitrogens with zero attached hydrogens (tertiary/aromatic N) is 3. The number of hydrogen-bond donors (Lipinski definition) is 1. The van der Waals surface area contributed by atoms with Crippen molar-refractivity contribution in [2.75, 3.05) is 5.75 Å². The van der Waals surface area contributed by atoms with Crippen molar-refractivity contribution in [2.24, 2.45) is 0 Å². The number of alkyl halides is 3. The van der Waals surface area contributed by atoms with Gasteiger partial charge >= 0.3 is 6.18 Å². The van der Waals surface area contributed by atoms with Gasteiger partial charge in [0.2, 0.25) is 5.82 Å². The third kappa shape index (κ3) is 4.81. The second-order valence-corrected chi connectivity index (χ2v) is 9.44. The highest BCUT2D eigenvalue weighted by Gasteiger charge is 2.38. The van der Waals surface area contributed by atoms with Gasteiger partial charge in [0.1, 0.15) is 5.52 Å². The molecule has 0 fully saturated rings. The van der Waals surface area contributed by atoms with E-state index in [1.165, 1.54) is 24.6 Å². The van der Waals surface area contributed by atoms with Crippen molar-refractivity contribution in [3.63, 3.8) is 0 Å². The van der Waals surface area contributed by atoms with Crippen LogP contribution in [0.15, 0.2) is 76.4 Å². The van der Waals surface area contributed by atoms with Crippen LogP contribution >= 0.6 is 11.8 Å². The predicted molar refractivity (Wildman–Crippen MR) is 132 cm³/mol. The van der Waals surface area contributed by atoms with Crippen LogP contribution in [0.5, 0.6) is 0 Å². The molecule has 1 N–H and O–H groups in total. The van der Waals surface area contributed by atoms with Gasteiger partial charge in [-0.15, -0.1) is 11.8 Å². The first-order valence-electron chi connectivity index (χ1n) is 11.2. The van der Waals surface area contributed by atoms with Gasteiger partial charge in [0.15, 0.2) is 12.0 Å². The fraction of sp³-hybridized carbons (Fsp3) is 0.192. The Bertz CT molecular complexity index is 1540. The SMILES string of the molecule is CCSc1ccc(CNC(=O)c2ccc3c(c2)nc(C(F)(F)F)n3Cc2cccc3ncoc23)cc1. The summed E-state index contributed by atoms with van der Waals surface area (Å²) >= 11 is 1.73. The average molecular weight is 511 g/mol. The van der Waals surface area contributed by atoms with Crippen LogP contribution < -0.4 is 5.32 Å². The number of carbonyl (C=O) groups excluding carboxylic acids is 1. The van der Waals surface area contributed by atoms with Gasteiger partial charge in [0, 0.05) is 22.6 Å². The molecule has 5 aromatic rings. The number of benzene rings is 3. The molecular formula is C26H21F3N4O2S. The predicted octanol–water partition coefficient (Wildman–Crippen LogP) is 6.29. The zero-order chi connectivity index (χ0) is 25.3. The van der Waals surface area contributed by atoms with E-state index >= 15 is 0 Å². The second kappa shape index (κ2) is 9.69. The van der Waals surface area contributed by atoms with Crippen molar-refractivity contribution in [3.8, 4) is 0 Å². The van der Waals surface area contributed by atoms with Crippen molar-refractivity contribution >= 4 is 39.8 Å². The highest BCUT2D eigenvalue weighted by Crippen LogP contribution is 2.33. The van der Waals surface area contributed by atoms with Gasteiger partial charge < -0.3 is 14.3 Å². The number of carbonyl (C=O) groups is 1. The second-order valence-electron chi connectivity index (χ2n) is 8.10. The molecule has 0 saturated carbocycles. The summed E-state index contributed by atoms with van der Waals surface area (Å²) in [7, 11) is 0. The van der Waals surface area contributed by atoms with E-state index in [4.69, 9.17) is 4.42 Å². The molecule has 36 heavy (non-hydrogen) atoms. The number of nitrogens with one attached hydrogen (secondary N) is 1. The van der Waals surface area contributed by atoms with Crippen LogP contribution in [-0.2, 0) is 19.3 Å². The largest absolute Gasteiger partial charge is 0.449 e. The third-order valence-electron chi connectivity index (χ3n) is 5.72. The molecule has 0 radical (unpaired) electrons. The molecule has 0 saturated heterocycles. The summed E-state index contributed by atoms with van der Waals surface area (Å²) in [5, 5.41) is 2.82. The topological polar surface area (TPSA) is 73.0 Å². The van der Waals surface area contributed by atoms with Gasteiger partial charge in [-0.2, -0.15) is 13.2 Å². The van der Waals surface area contributed by atoms with Gasteiger partial charge in [-0.1, -0.05) is 31.2 Å². The Labute approximate surface area is 208 Å². The maximum absolute atomic E-state index is 13.9. The fourth-order valence-corrected chi connectivity index (χ4v) is 4.70. The lowest BCUT2D eigenvalue weighted by Crippen LogP contribution is -2.22. The highest BCUT2D eigenvalue weighted by molar-refractivity contribution is 7.99. The molecule has 0 bridgehead atoms. The van der Waals surface area contributed by atoms with E-state index in [0.29, 0.717) is 23.2 Å². The number of hydrogen-bond acceptors (Lipinski definition) is 5. The molecule has 0 unspecified atom stereocenters. The zero-order valence-electron chi connectivity index (χ0n) is 19.2. The number of rotatable bonds is 7. The van der Waals surface area contributed by atoms with E-state index in [1.54, 1.807) is 30.0 Å². The summed E-state index contributed by atoms with van der Waals surface area (Å²) in [6.45, 7) is 2.26. The van der Waals surface area contributed by atoms with Crippen LogP contribution in [-0.4, -0.2) is 26.2 Å². The van der Waals surface area contributed by atoms with Gasteiger partial charge in [0.05, 0.1) is 17.6 Å². The van der Waals surface area contributed by atoms with Crippen LogP contribution in [0.4, 0.5) is 13.2 Å². The molecular weight excluding hydrogens is 489 g/mol. The van der Waals surface area contributed by atoms with E-state index in [0.717, 1.165) is 20.8 Å². The van der Waals surface area contributed by atoms with E-state index in [2.05, 4.69) is 22.2 Å². The lowest BCUT2D eigenvalue weighted by molar-refractivity contribution is -0.146. The number of imidazole rings is 1. The smallest absolute Gasteiger partial charge is 0.443 e. The molecule has 6 nitrogen and oxygen atoms in total. The van der Waals surface area contributed by atoms with Crippen molar-refractivity contribution in [1.82, 2.24) is 19.9 Å². The van der Waals surface area contributed by atoms with Gasteiger partial charge in [-0.3, -0.25) is 4.79 Å². The molecule has 3 aromatic carbocycles. The third-order valence-corrected chi connectivity index (χ3v) is 6.61. The first kappa shape index (κ1) is 23.9. The van der Waals surface area contributed by atoms with Gasteiger partial charge in [0.25, 0.3) is 5.91 Å². The Morgan fingerprint density at radius 3 is 2.64 bits per heavy atom. The minimum absolute atomic E-state index is 0.0839. The van der Waals surface area contributed by atoms with Gasteiger partial charge in [-0.25, -0.2) is 9.97 Å². The molecule has 2 aromatic heterocycles. The quantitative estimate of drug-likeness (QED) is 0.261. The minimum Gasteiger partial charge on any atom is -0.443 e. The number of halogens is 3. The Balaban J connectivity index is 1.42. The lowest BCUT2D eigenvalue weighted by atomic mass is 10.1. The fourth-order valence-electron chi connectivity index (χ4n) is 4.04. The van der Waals surface area contributed by atoms with Crippen molar-refractivity contribution in [2.45, 2.75) is 31.1 Å². The molecule has 1 amide bonds. The highest BCUT2D eigenvalue weighted by atomic mass is 32.2. The van der Waals surface area contributed by atoms with E-state index in [-0.39, 0.29) is 23.1 Å². The number of aromatic nitrogens is 3. The summed E-state index contributed by atoms with van der Waals surface area (Å²) in [5.41, 5.74) is 3.03. The molecule has 0 spiro atoms. The normalized spacial score (nSPS) is 11.9. The molecule has 0 aliphatic rings. The summed E-state index contributed by atoms with van der Waals surface area (Å²) in [4.78, 5) is 21.8. The molecule has 0 aliphatic heterocycles. The molecule has 10 heteroatoms. The molecule has 0 atom stereocenters. The van der Waals surface area contributed by atoms with Gasteiger partial charge in [-0.05, 0) is 47.7 Å². The van der Waals surface area contributed by atoms with E-state index in [1.807, 2.05) is 24.3 Å². The van der Waals surface area contributed by atoms with Crippen LogP contribution in [0.3, 0.4) is 0 Å². The van der Waals surface area contributed by atoms with Crippen LogP contribution in [0.25, 0.3) is 22.1 Å². The summed E-state index contributed by atoms with van der Waals surface area (Å²) in [5.74, 6) is -0.463. The first-order valence-corrected chi connectivity index (χ1v) is 12.2. The Morgan fingerprint density at radius 1 is 1.08 bits per heavy atom. The number of fused-ring (bicyclic) bond motifs is 2. The Kier molecular flexibility index (Phi) is 6.44. The molecule has 0 aliphatic carbocycles. The van der Waals surface area contributed by atoms with Crippen LogP contribution in [0, 0.1) is 0 Å². The zero-order valence-corrected chi connectivity index (χ0v) is 20.0.